The van der Waals surface area contributed by atoms with Gasteiger partial charge in [-0.25, -0.2) is 0 Å². The number of nitrogens with zero attached hydrogens (tertiary/aromatic N) is 1. The molecular formula is C18H19NO3. The molecule has 0 radical (unpaired) electrons. The number of nitriles is 1. The third-order valence-electron chi connectivity index (χ3n) is 3.18. The molecule has 0 atom stereocenters. The van der Waals surface area contributed by atoms with E-state index >= 15 is 0 Å². The van der Waals surface area contributed by atoms with Crippen LogP contribution >= 0.6 is 0 Å². The van der Waals surface area contributed by atoms with Crippen LogP contribution in [-0.4, -0.2) is 20.3 Å². The molecule has 2 rings (SSSR count). The molecule has 0 bridgehead atoms. The summed E-state index contributed by atoms with van der Waals surface area (Å²) >= 11 is 0. The number of methoxy groups -OCH3 is 2. The highest BCUT2D eigenvalue weighted by Crippen LogP contribution is 2.35. The number of hydrogen-bond acceptors (Lipinski definition) is 4. The SMILES string of the molecule is COc1ccc(OC)c(-c2ccc(OC(C)C)c(C#N)c2)c1. The van der Waals surface area contributed by atoms with E-state index in [0.29, 0.717) is 11.3 Å². The molecule has 0 heterocycles. The monoisotopic (exact) mass is 297 g/mol. The maximum atomic E-state index is 9.34. The normalized spacial score (nSPS) is 10.2. The van der Waals surface area contributed by atoms with Gasteiger partial charge in [0.1, 0.15) is 23.3 Å². The zero-order valence-corrected chi connectivity index (χ0v) is 13.2. The third-order valence-corrected chi connectivity index (χ3v) is 3.18. The molecule has 0 aliphatic rings. The molecule has 0 saturated carbocycles. The summed E-state index contributed by atoms with van der Waals surface area (Å²) in [4.78, 5) is 0. The standard InChI is InChI=1S/C18H19NO3/c1-12(2)22-17-7-5-13(9-14(17)11-19)16-10-15(20-3)6-8-18(16)21-4/h5-10,12H,1-4H3. The fraction of sp³-hybridized carbons (Fsp3) is 0.278. The molecule has 2 aromatic rings. The lowest BCUT2D eigenvalue weighted by atomic mass is 10.0. The molecule has 4 heteroatoms. The van der Waals surface area contributed by atoms with Crippen LogP contribution < -0.4 is 14.2 Å². The van der Waals surface area contributed by atoms with E-state index in [-0.39, 0.29) is 6.10 Å². The van der Waals surface area contributed by atoms with Crippen LogP contribution in [0.2, 0.25) is 0 Å². The Morgan fingerprint density at radius 2 is 1.68 bits per heavy atom. The van der Waals surface area contributed by atoms with E-state index in [2.05, 4.69) is 6.07 Å². The predicted octanol–water partition coefficient (Wildman–Crippen LogP) is 4.03. The second kappa shape index (κ2) is 6.86. The summed E-state index contributed by atoms with van der Waals surface area (Å²) in [7, 11) is 3.23. The van der Waals surface area contributed by atoms with Crippen LogP contribution in [-0.2, 0) is 0 Å². The van der Waals surface area contributed by atoms with E-state index in [1.54, 1.807) is 20.3 Å². The summed E-state index contributed by atoms with van der Waals surface area (Å²) in [5, 5.41) is 9.34. The van der Waals surface area contributed by atoms with Crippen LogP contribution in [0, 0.1) is 11.3 Å². The smallest absolute Gasteiger partial charge is 0.137 e. The van der Waals surface area contributed by atoms with Crippen molar-refractivity contribution in [2.45, 2.75) is 20.0 Å². The first-order valence-electron chi connectivity index (χ1n) is 7.02. The summed E-state index contributed by atoms with van der Waals surface area (Å²) < 4.78 is 16.3. The minimum atomic E-state index is 0.0179. The van der Waals surface area contributed by atoms with Crippen LogP contribution in [0.1, 0.15) is 19.4 Å². The van der Waals surface area contributed by atoms with E-state index in [1.165, 1.54) is 0 Å². The molecular weight excluding hydrogens is 278 g/mol. The van der Waals surface area contributed by atoms with Crippen LogP contribution in [0.4, 0.5) is 0 Å². The largest absolute Gasteiger partial charge is 0.497 e. The van der Waals surface area contributed by atoms with Crippen LogP contribution in [0.25, 0.3) is 11.1 Å². The van der Waals surface area contributed by atoms with Gasteiger partial charge in [0, 0.05) is 5.56 Å². The van der Waals surface area contributed by atoms with Crippen molar-refractivity contribution in [3.05, 3.63) is 42.0 Å². The third kappa shape index (κ3) is 3.32. The molecule has 0 aliphatic heterocycles. The molecule has 2 aromatic carbocycles. The van der Waals surface area contributed by atoms with Crippen LogP contribution in [0.5, 0.6) is 17.2 Å². The lowest BCUT2D eigenvalue weighted by Crippen LogP contribution is -2.06. The topological polar surface area (TPSA) is 51.5 Å². The second-order valence-electron chi connectivity index (χ2n) is 5.06. The first-order chi connectivity index (χ1) is 10.6. The van der Waals surface area contributed by atoms with Gasteiger partial charge < -0.3 is 14.2 Å². The van der Waals surface area contributed by atoms with Crippen LogP contribution in [0.3, 0.4) is 0 Å². The van der Waals surface area contributed by atoms with Gasteiger partial charge >= 0.3 is 0 Å². The molecule has 114 valence electrons. The second-order valence-corrected chi connectivity index (χ2v) is 5.06. The molecule has 0 aromatic heterocycles. The molecule has 0 amide bonds. The summed E-state index contributed by atoms with van der Waals surface area (Å²) in [6.07, 6.45) is 0.0179. The van der Waals surface area contributed by atoms with Crippen molar-refractivity contribution in [2.24, 2.45) is 0 Å². The Hall–Kier alpha value is -2.67. The predicted molar refractivity (Wildman–Crippen MR) is 85.5 cm³/mol. The van der Waals surface area contributed by atoms with Crippen molar-refractivity contribution in [2.75, 3.05) is 14.2 Å². The van der Waals surface area contributed by atoms with Gasteiger partial charge in [-0.2, -0.15) is 5.26 Å². The van der Waals surface area contributed by atoms with Gasteiger partial charge in [0.15, 0.2) is 0 Å². The first kappa shape index (κ1) is 15.7. The van der Waals surface area contributed by atoms with E-state index in [9.17, 15) is 5.26 Å². The van der Waals surface area contributed by atoms with Crippen molar-refractivity contribution in [1.82, 2.24) is 0 Å². The van der Waals surface area contributed by atoms with Crippen LogP contribution in [0.15, 0.2) is 36.4 Å². The summed E-state index contributed by atoms with van der Waals surface area (Å²) in [5.41, 5.74) is 2.24. The van der Waals surface area contributed by atoms with Gasteiger partial charge in [-0.1, -0.05) is 6.07 Å². The summed E-state index contributed by atoms with van der Waals surface area (Å²) in [6.45, 7) is 3.86. The van der Waals surface area contributed by atoms with Crippen molar-refractivity contribution in [3.8, 4) is 34.4 Å². The minimum absolute atomic E-state index is 0.0179. The molecule has 0 spiro atoms. The van der Waals surface area contributed by atoms with E-state index in [4.69, 9.17) is 14.2 Å². The summed E-state index contributed by atoms with van der Waals surface area (Å²) in [5.74, 6) is 2.04. The van der Waals surface area contributed by atoms with Crippen molar-refractivity contribution in [1.29, 1.82) is 5.26 Å². The van der Waals surface area contributed by atoms with Gasteiger partial charge in [-0.05, 0) is 49.7 Å². The maximum absolute atomic E-state index is 9.34. The zero-order valence-electron chi connectivity index (χ0n) is 13.2. The zero-order chi connectivity index (χ0) is 16.1. The highest BCUT2D eigenvalue weighted by atomic mass is 16.5. The van der Waals surface area contributed by atoms with Gasteiger partial charge in [0.25, 0.3) is 0 Å². The van der Waals surface area contributed by atoms with E-state index in [0.717, 1.165) is 22.6 Å². The highest BCUT2D eigenvalue weighted by molar-refractivity contribution is 5.74. The average Bonchev–Trinajstić information content (AvgIpc) is 2.54. The van der Waals surface area contributed by atoms with Crippen molar-refractivity contribution >= 4 is 0 Å². The molecule has 0 fully saturated rings. The first-order valence-corrected chi connectivity index (χ1v) is 7.02. The highest BCUT2D eigenvalue weighted by Gasteiger charge is 2.12. The molecule has 4 nitrogen and oxygen atoms in total. The minimum Gasteiger partial charge on any atom is -0.497 e. The van der Waals surface area contributed by atoms with E-state index < -0.39 is 0 Å². The lowest BCUT2D eigenvalue weighted by Gasteiger charge is -2.14. The molecule has 0 N–H and O–H groups in total. The quantitative estimate of drug-likeness (QED) is 0.836. The Balaban J connectivity index is 2.51. The molecule has 0 unspecified atom stereocenters. The van der Waals surface area contributed by atoms with Gasteiger partial charge in [-0.3, -0.25) is 0 Å². The number of rotatable bonds is 5. The maximum Gasteiger partial charge on any atom is 0.137 e. The van der Waals surface area contributed by atoms with Gasteiger partial charge in [0.05, 0.1) is 25.9 Å². The Kier molecular flexibility index (Phi) is 4.90. The molecule has 22 heavy (non-hydrogen) atoms. The van der Waals surface area contributed by atoms with Crippen molar-refractivity contribution < 1.29 is 14.2 Å². The molecule has 0 saturated heterocycles. The average molecular weight is 297 g/mol. The number of benzene rings is 2. The van der Waals surface area contributed by atoms with Crippen molar-refractivity contribution in [3.63, 3.8) is 0 Å². The lowest BCUT2D eigenvalue weighted by molar-refractivity contribution is 0.242. The number of hydrogen-bond donors (Lipinski definition) is 0. The fourth-order valence-corrected chi connectivity index (χ4v) is 2.18. The van der Waals surface area contributed by atoms with Gasteiger partial charge in [-0.15, -0.1) is 0 Å². The fourth-order valence-electron chi connectivity index (χ4n) is 2.18. The van der Waals surface area contributed by atoms with Gasteiger partial charge in [0.2, 0.25) is 0 Å². The van der Waals surface area contributed by atoms with E-state index in [1.807, 2.05) is 44.2 Å². The number of ether oxygens (including phenoxy) is 3. The Labute approximate surface area is 130 Å². The Bertz CT molecular complexity index is 702. The molecule has 0 aliphatic carbocycles. The Morgan fingerprint density at radius 1 is 0.955 bits per heavy atom. The summed E-state index contributed by atoms with van der Waals surface area (Å²) in [6, 6.07) is 13.3. The Morgan fingerprint density at radius 3 is 2.27 bits per heavy atom.